The third-order valence-electron chi connectivity index (χ3n) is 6.21. The molecule has 1 aromatic heterocycles. The number of aromatic hydroxyl groups is 2. The molecule has 0 fully saturated rings. The maximum Gasteiger partial charge on any atom is 0.127 e. The van der Waals surface area contributed by atoms with Gasteiger partial charge in [-0.1, -0.05) is 91.0 Å². The minimum absolute atomic E-state index is 0.262. The van der Waals surface area contributed by atoms with E-state index in [9.17, 15) is 10.2 Å². The van der Waals surface area contributed by atoms with Gasteiger partial charge in [0, 0.05) is 31.5 Å². The van der Waals surface area contributed by atoms with Gasteiger partial charge in [0.25, 0.3) is 0 Å². The van der Waals surface area contributed by atoms with E-state index in [1.807, 2.05) is 84.9 Å². The number of hydrogen-bond donors (Lipinski definition) is 2. The summed E-state index contributed by atoms with van der Waals surface area (Å²) in [6.45, 7) is 0. The van der Waals surface area contributed by atoms with Gasteiger partial charge in [0.15, 0.2) is 0 Å². The Bertz CT molecular complexity index is 1490. The number of phenolic OH excluding ortho intramolecular Hbond substituents is 2. The van der Waals surface area contributed by atoms with Crippen LogP contribution in [0.25, 0.3) is 31.6 Å². The molecule has 0 saturated heterocycles. The fourth-order valence-electron chi connectivity index (χ4n) is 4.63. The lowest BCUT2D eigenvalue weighted by atomic mass is 9.86. The summed E-state index contributed by atoms with van der Waals surface area (Å²) in [5, 5.41) is 27.5. The molecule has 154 valence electrons. The molecule has 0 saturated carbocycles. The number of rotatable bonds is 3. The number of hydrogen-bond acceptors (Lipinski definition) is 3. The smallest absolute Gasteiger partial charge is 0.127 e. The van der Waals surface area contributed by atoms with Crippen molar-refractivity contribution in [1.82, 2.24) is 0 Å². The van der Waals surface area contributed by atoms with E-state index in [-0.39, 0.29) is 17.4 Å². The van der Waals surface area contributed by atoms with Gasteiger partial charge in [0.2, 0.25) is 0 Å². The third kappa shape index (κ3) is 2.94. The van der Waals surface area contributed by atoms with Crippen molar-refractivity contribution in [1.29, 1.82) is 0 Å². The second-order valence-corrected chi connectivity index (χ2v) is 9.18. The highest BCUT2D eigenvalue weighted by atomic mass is 32.1. The predicted molar refractivity (Wildman–Crippen MR) is 134 cm³/mol. The van der Waals surface area contributed by atoms with Gasteiger partial charge in [-0.05, 0) is 28.3 Å². The Morgan fingerprint density at radius 1 is 0.531 bits per heavy atom. The van der Waals surface area contributed by atoms with Gasteiger partial charge >= 0.3 is 0 Å². The third-order valence-corrected chi connectivity index (χ3v) is 7.40. The summed E-state index contributed by atoms with van der Waals surface area (Å²) in [5.41, 5.74) is 1.58. The van der Waals surface area contributed by atoms with Crippen molar-refractivity contribution < 1.29 is 10.2 Å². The molecule has 2 nitrogen and oxygen atoms in total. The van der Waals surface area contributed by atoms with Gasteiger partial charge in [-0.25, -0.2) is 0 Å². The molecule has 0 unspecified atom stereocenters. The molecule has 2 N–H and O–H groups in total. The molecule has 0 atom stereocenters. The van der Waals surface area contributed by atoms with Gasteiger partial charge in [0.1, 0.15) is 11.5 Å². The maximum atomic E-state index is 11.3. The van der Waals surface area contributed by atoms with Crippen molar-refractivity contribution in [2.24, 2.45) is 0 Å². The first-order valence-corrected chi connectivity index (χ1v) is 11.4. The van der Waals surface area contributed by atoms with Crippen LogP contribution in [-0.2, 0) is 0 Å². The molecule has 0 spiro atoms. The first-order chi connectivity index (χ1) is 15.7. The Hall–Kier alpha value is -3.82. The molecule has 0 amide bonds. The molecular formula is C29H20O2S. The summed E-state index contributed by atoms with van der Waals surface area (Å²) in [5.74, 6) is 0.234. The molecule has 0 aliphatic heterocycles. The highest BCUT2D eigenvalue weighted by molar-refractivity contribution is 7.19. The van der Waals surface area contributed by atoms with Crippen LogP contribution in [0, 0.1) is 0 Å². The van der Waals surface area contributed by atoms with E-state index < -0.39 is 0 Å². The largest absolute Gasteiger partial charge is 0.507 e. The second kappa shape index (κ2) is 7.40. The van der Waals surface area contributed by atoms with Gasteiger partial charge in [-0.2, -0.15) is 0 Å². The fraction of sp³-hybridized carbons (Fsp3) is 0.0345. The first-order valence-electron chi connectivity index (χ1n) is 10.6. The Labute approximate surface area is 189 Å². The van der Waals surface area contributed by atoms with Crippen LogP contribution in [0.15, 0.2) is 103 Å². The standard InChI is InChI=1S/C29H20O2S/c30-28-21-10-4-1-7-18(21)13-15-23(28)27(26-17-20-9-3-6-12-25(20)32-26)24-16-14-19-8-2-5-11-22(19)29(24)31/h1-17,27,30-31H. The average Bonchev–Trinajstić information content (AvgIpc) is 3.26. The van der Waals surface area contributed by atoms with Crippen LogP contribution in [-0.4, -0.2) is 10.2 Å². The number of phenols is 2. The Kier molecular flexibility index (Phi) is 4.37. The van der Waals surface area contributed by atoms with E-state index in [1.165, 1.54) is 4.70 Å². The van der Waals surface area contributed by atoms with Crippen molar-refractivity contribution in [2.45, 2.75) is 5.92 Å². The quantitative estimate of drug-likeness (QED) is 0.299. The van der Waals surface area contributed by atoms with Crippen molar-refractivity contribution in [3.63, 3.8) is 0 Å². The highest BCUT2D eigenvalue weighted by Crippen LogP contribution is 2.47. The topological polar surface area (TPSA) is 40.5 Å². The lowest BCUT2D eigenvalue weighted by Crippen LogP contribution is -2.03. The summed E-state index contributed by atoms with van der Waals surface area (Å²) >= 11 is 1.70. The molecule has 6 aromatic rings. The molecule has 3 heteroatoms. The summed E-state index contributed by atoms with van der Waals surface area (Å²) < 4.78 is 1.19. The summed E-state index contributed by atoms with van der Waals surface area (Å²) in [4.78, 5) is 1.09. The zero-order chi connectivity index (χ0) is 21.7. The molecule has 32 heavy (non-hydrogen) atoms. The zero-order valence-corrected chi connectivity index (χ0v) is 18.0. The molecule has 0 aliphatic carbocycles. The lowest BCUT2D eigenvalue weighted by Gasteiger charge is -2.21. The normalized spacial score (nSPS) is 11.7. The van der Waals surface area contributed by atoms with E-state index in [4.69, 9.17) is 0 Å². The predicted octanol–water partition coefficient (Wildman–Crippen LogP) is 7.80. The van der Waals surface area contributed by atoms with E-state index in [2.05, 4.69) is 18.2 Å². The minimum Gasteiger partial charge on any atom is -0.507 e. The van der Waals surface area contributed by atoms with Crippen LogP contribution in [0.5, 0.6) is 11.5 Å². The Morgan fingerprint density at radius 3 is 1.59 bits per heavy atom. The minimum atomic E-state index is -0.290. The zero-order valence-electron chi connectivity index (χ0n) is 17.2. The van der Waals surface area contributed by atoms with E-state index in [1.54, 1.807) is 11.3 Å². The molecule has 1 heterocycles. The SMILES string of the molecule is Oc1c(C(c2cc3ccccc3s2)c2ccc3ccccc3c2O)ccc2ccccc12. The molecular weight excluding hydrogens is 412 g/mol. The van der Waals surface area contributed by atoms with Gasteiger partial charge in [-0.3, -0.25) is 0 Å². The van der Waals surface area contributed by atoms with Crippen molar-refractivity contribution in [2.75, 3.05) is 0 Å². The van der Waals surface area contributed by atoms with Crippen molar-refractivity contribution in [3.05, 3.63) is 119 Å². The number of thiophene rings is 1. The van der Waals surface area contributed by atoms with Gasteiger partial charge in [-0.15, -0.1) is 11.3 Å². The van der Waals surface area contributed by atoms with Crippen LogP contribution in [0.1, 0.15) is 21.9 Å². The fourth-order valence-corrected chi connectivity index (χ4v) is 5.83. The van der Waals surface area contributed by atoms with Gasteiger partial charge < -0.3 is 10.2 Å². The van der Waals surface area contributed by atoms with Crippen LogP contribution in [0.4, 0.5) is 0 Å². The molecule has 0 aliphatic rings. The number of benzene rings is 5. The average molecular weight is 433 g/mol. The molecule has 5 aromatic carbocycles. The summed E-state index contributed by atoms with van der Waals surface area (Å²) in [6.07, 6.45) is 0. The number of fused-ring (bicyclic) bond motifs is 3. The first kappa shape index (κ1) is 18.9. The molecule has 0 bridgehead atoms. The highest BCUT2D eigenvalue weighted by Gasteiger charge is 2.26. The maximum absolute atomic E-state index is 11.3. The second-order valence-electron chi connectivity index (χ2n) is 8.07. The van der Waals surface area contributed by atoms with E-state index >= 15 is 0 Å². The van der Waals surface area contributed by atoms with Crippen LogP contribution < -0.4 is 0 Å². The van der Waals surface area contributed by atoms with Crippen LogP contribution >= 0.6 is 11.3 Å². The molecule has 6 rings (SSSR count). The van der Waals surface area contributed by atoms with Crippen molar-refractivity contribution >= 4 is 43.0 Å². The Balaban J connectivity index is 1.66. The summed E-state index contributed by atoms with van der Waals surface area (Å²) in [6, 6.07) is 34.2. The van der Waals surface area contributed by atoms with Crippen LogP contribution in [0.2, 0.25) is 0 Å². The van der Waals surface area contributed by atoms with Crippen LogP contribution in [0.3, 0.4) is 0 Å². The van der Waals surface area contributed by atoms with Gasteiger partial charge in [0.05, 0.1) is 5.92 Å². The Morgan fingerprint density at radius 2 is 1.03 bits per heavy atom. The molecule has 0 radical (unpaired) electrons. The monoisotopic (exact) mass is 432 g/mol. The lowest BCUT2D eigenvalue weighted by molar-refractivity contribution is 0.465. The van der Waals surface area contributed by atoms with Crippen molar-refractivity contribution in [3.8, 4) is 11.5 Å². The van der Waals surface area contributed by atoms with E-state index in [0.717, 1.165) is 42.9 Å². The van der Waals surface area contributed by atoms with E-state index in [0.29, 0.717) is 0 Å². The summed E-state index contributed by atoms with van der Waals surface area (Å²) in [7, 11) is 0.